The van der Waals surface area contributed by atoms with Gasteiger partial charge in [0.15, 0.2) is 0 Å². The third-order valence-corrected chi connectivity index (χ3v) is 0.500. The molecule has 0 heterocycles. The van der Waals surface area contributed by atoms with Crippen LogP contribution < -0.4 is 5.32 Å². The molecule has 0 fully saturated rings. The summed E-state index contributed by atoms with van der Waals surface area (Å²) in [5.74, 6) is 0. The fourth-order valence-electron chi connectivity index (χ4n) is 0.250. The van der Waals surface area contributed by atoms with Gasteiger partial charge in [-0.2, -0.15) is 0 Å². The summed E-state index contributed by atoms with van der Waals surface area (Å²) in [5, 5.41) is 3.11. The quantitative estimate of drug-likeness (QED) is 0.726. The van der Waals surface area contributed by atoms with Gasteiger partial charge in [-0.1, -0.05) is 13.8 Å². The van der Waals surface area contributed by atoms with Crippen molar-refractivity contribution in [2.45, 2.75) is 13.8 Å². The van der Waals surface area contributed by atoms with Crippen molar-refractivity contribution in [3.05, 3.63) is 0 Å². The molecule has 0 aromatic heterocycles. The molecule has 0 aromatic carbocycles. The van der Waals surface area contributed by atoms with E-state index in [0.717, 1.165) is 13.1 Å². The number of nitrogens with one attached hydrogen (secondary N) is 1. The fourth-order valence-corrected chi connectivity index (χ4v) is 0.250. The molecule has 0 aromatic rings. The first-order chi connectivity index (χ1) is 4.15. The van der Waals surface area contributed by atoms with Gasteiger partial charge in [0, 0.05) is 0 Å². The molecule has 61 valence electrons. The topological polar surface area (TPSA) is 12.0 Å². The van der Waals surface area contributed by atoms with Crippen molar-refractivity contribution in [1.82, 2.24) is 5.32 Å². The Balaban J connectivity index is 0. The van der Waals surface area contributed by atoms with E-state index in [1.54, 1.807) is 0 Å². The van der Waals surface area contributed by atoms with Crippen molar-refractivity contribution < 1.29 is 11.2 Å². The molecular weight excluding hydrogens is 224 g/mol. The van der Waals surface area contributed by atoms with Crippen LogP contribution in [0.3, 0.4) is 0 Å². The van der Waals surface area contributed by atoms with Gasteiger partial charge in [0.05, 0.1) is 0 Å². The number of rotatable bonds is 2. The second-order valence-corrected chi connectivity index (χ2v) is 6.58. The van der Waals surface area contributed by atoms with E-state index in [4.69, 9.17) is 30.3 Å². The zero-order valence-corrected chi connectivity index (χ0v) is 8.77. The average Bonchev–Trinajstić information content (AvgIpc) is 1.66. The molecule has 0 aliphatic carbocycles. The van der Waals surface area contributed by atoms with Crippen LogP contribution in [0.15, 0.2) is 0 Å². The van der Waals surface area contributed by atoms with Crippen LogP contribution in [-0.2, 0) is 11.2 Å². The Morgan fingerprint density at radius 3 is 1.33 bits per heavy atom. The van der Waals surface area contributed by atoms with Gasteiger partial charge in [-0.05, 0) is 13.1 Å². The van der Waals surface area contributed by atoms with Gasteiger partial charge < -0.3 is 5.32 Å². The van der Waals surface area contributed by atoms with E-state index in [-0.39, 0.29) is 0 Å². The molecule has 9 heavy (non-hydrogen) atoms. The average molecular weight is 235 g/mol. The third-order valence-electron chi connectivity index (χ3n) is 0.500. The van der Waals surface area contributed by atoms with Crippen LogP contribution in [0.1, 0.15) is 13.8 Å². The first-order valence-corrected chi connectivity index (χ1v) is 7.08. The summed E-state index contributed by atoms with van der Waals surface area (Å²) in [6.07, 6.45) is 0. The molecule has 0 atom stereocenters. The molecule has 0 saturated heterocycles. The molecule has 0 rings (SSSR count). The van der Waals surface area contributed by atoms with Crippen LogP contribution >= 0.6 is 30.3 Å². The van der Waals surface area contributed by atoms with Crippen LogP contribution in [0.25, 0.3) is 0 Å². The van der Waals surface area contributed by atoms with Crippen molar-refractivity contribution in [2.75, 3.05) is 13.1 Å². The predicted octanol–water partition coefficient (Wildman–Crippen LogP) is 2.68. The van der Waals surface area contributed by atoms with E-state index < -0.39 is 11.2 Å². The number of halogens is 3. The predicted molar refractivity (Wildman–Crippen MR) is 41.8 cm³/mol. The summed E-state index contributed by atoms with van der Waals surface area (Å²) < 4.78 is 0. The Morgan fingerprint density at radius 1 is 1.11 bits per heavy atom. The summed E-state index contributed by atoms with van der Waals surface area (Å²) in [7, 11) is 14.7. The van der Waals surface area contributed by atoms with E-state index in [2.05, 4.69) is 19.2 Å². The summed E-state index contributed by atoms with van der Waals surface area (Å²) in [4.78, 5) is 0. The fraction of sp³-hybridized carbons (Fsp3) is 1.00. The summed E-state index contributed by atoms with van der Waals surface area (Å²) in [5.41, 5.74) is 0. The van der Waals surface area contributed by atoms with Crippen molar-refractivity contribution in [1.29, 1.82) is 0 Å². The second kappa shape index (κ2) is 12.1. The Bertz CT molecular complexity index is 40.0. The van der Waals surface area contributed by atoms with Gasteiger partial charge in [0.1, 0.15) is 0 Å². The maximum absolute atomic E-state index is 4.89. The van der Waals surface area contributed by atoms with E-state index in [1.165, 1.54) is 0 Å². The minimum atomic E-state index is -1.33. The van der Waals surface area contributed by atoms with Crippen LogP contribution in [0.5, 0.6) is 0 Å². The Morgan fingerprint density at radius 2 is 1.33 bits per heavy atom. The summed E-state index contributed by atoms with van der Waals surface area (Å²) in [6.45, 7) is 6.39. The van der Waals surface area contributed by atoms with Crippen LogP contribution in [-0.4, -0.2) is 13.1 Å². The molecule has 0 amide bonds. The SMILES string of the molecule is CCNCC.[Cl][Fe]([Cl])[Cl]. The number of hydrogen-bond acceptors (Lipinski definition) is 1. The van der Waals surface area contributed by atoms with Crippen LogP contribution in [0, 0.1) is 0 Å². The van der Waals surface area contributed by atoms with Gasteiger partial charge in [0.25, 0.3) is 0 Å². The standard InChI is InChI=1S/C4H11N.3ClH.Fe/c1-3-5-4-2;;;;/h5H,3-4H2,1-2H3;3*1H;/q;;;;+3/p-3. The molecule has 0 bridgehead atoms. The zero-order chi connectivity index (χ0) is 7.70. The van der Waals surface area contributed by atoms with Gasteiger partial charge in [0.2, 0.25) is 0 Å². The molecule has 0 aliphatic rings. The molecule has 0 unspecified atom stereocenters. The molecule has 0 aliphatic heterocycles. The maximum atomic E-state index is 4.89. The van der Waals surface area contributed by atoms with Crippen molar-refractivity contribution >= 4 is 30.3 Å². The third kappa shape index (κ3) is 45.0. The number of hydrogen-bond donors (Lipinski definition) is 1. The van der Waals surface area contributed by atoms with Gasteiger partial charge in [-0.15, -0.1) is 0 Å². The van der Waals surface area contributed by atoms with Crippen LogP contribution in [0.2, 0.25) is 0 Å². The Hall–Kier alpha value is 1.35. The summed E-state index contributed by atoms with van der Waals surface area (Å²) in [6, 6.07) is 0. The van der Waals surface area contributed by atoms with Gasteiger partial charge in [-0.25, -0.2) is 0 Å². The minimum absolute atomic E-state index is 1.09. The molecule has 1 nitrogen and oxygen atoms in total. The van der Waals surface area contributed by atoms with Crippen LogP contribution in [0.4, 0.5) is 0 Å². The first-order valence-electron chi connectivity index (χ1n) is 2.52. The van der Waals surface area contributed by atoms with Crippen molar-refractivity contribution in [3.63, 3.8) is 0 Å². The monoisotopic (exact) mass is 234 g/mol. The van der Waals surface area contributed by atoms with E-state index >= 15 is 0 Å². The van der Waals surface area contributed by atoms with Gasteiger partial charge >= 0.3 is 41.5 Å². The molecule has 0 radical (unpaired) electrons. The van der Waals surface area contributed by atoms with E-state index in [1.807, 2.05) is 0 Å². The summed E-state index contributed by atoms with van der Waals surface area (Å²) >= 11 is -1.33. The molecule has 5 heteroatoms. The second-order valence-electron chi connectivity index (χ2n) is 1.11. The van der Waals surface area contributed by atoms with E-state index in [9.17, 15) is 0 Å². The molecule has 1 N–H and O–H groups in total. The zero-order valence-electron chi connectivity index (χ0n) is 5.40. The van der Waals surface area contributed by atoms with Crippen molar-refractivity contribution in [2.24, 2.45) is 0 Å². The van der Waals surface area contributed by atoms with E-state index in [0.29, 0.717) is 0 Å². The first kappa shape index (κ1) is 13.0. The molecular formula is C4H11Cl3FeN. The molecule has 0 spiro atoms. The Labute approximate surface area is 73.6 Å². The van der Waals surface area contributed by atoms with Gasteiger partial charge in [-0.3, -0.25) is 0 Å². The van der Waals surface area contributed by atoms with Crippen molar-refractivity contribution in [3.8, 4) is 0 Å². The Kier molecular flexibility index (Phi) is 17.4. The molecule has 0 saturated carbocycles. The normalized spacial score (nSPS) is 9.67.